The van der Waals surface area contributed by atoms with Gasteiger partial charge in [-0.2, -0.15) is 4.37 Å². The molecule has 1 aromatic heterocycles. The highest BCUT2D eigenvalue weighted by molar-refractivity contribution is 7.11. The summed E-state index contributed by atoms with van der Waals surface area (Å²) in [6.45, 7) is 5.67. The molecule has 0 radical (unpaired) electrons. The Morgan fingerprint density at radius 3 is 2.83 bits per heavy atom. The van der Waals surface area contributed by atoms with Crippen molar-refractivity contribution < 1.29 is 4.74 Å². The maximum Gasteiger partial charge on any atom is 0.197 e. The summed E-state index contributed by atoms with van der Waals surface area (Å²) in [5.74, 6) is 1.14. The molecule has 18 heavy (non-hydrogen) atoms. The fourth-order valence-corrected chi connectivity index (χ4v) is 3.18. The number of nitrogens with one attached hydrogen (secondary N) is 1. The molecule has 1 aliphatic rings. The van der Waals surface area contributed by atoms with Gasteiger partial charge in [-0.05, 0) is 44.4 Å². The van der Waals surface area contributed by atoms with Gasteiger partial charge in [0.2, 0.25) is 0 Å². The van der Waals surface area contributed by atoms with Crippen LogP contribution in [0.5, 0.6) is 5.75 Å². The van der Waals surface area contributed by atoms with Crippen molar-refractivity contribution in [2.24, 2.45) is 0 Å². The van der Waals surface area contributed by atoms with Gasteiger partial charge in [-0.15, -0.1) is 0 Å². The van der Waals surface area contributed by atoms with E-state index in [0.29, 0.717) is 17.6 Å². The minimum Gasteiger partial charge on any atom is -0.490 e. The van der Waals surface area contributed by atoms with E-state index in [0.717, 1.165) is 11.5 Å². The predicted molar refractivity (Wildman–Crippen MR) is 76.5 cm³/mol. The summed E-state index contributed by atoms with van der Waals surface area (Å²) >= 11 is 1.36. The van der Waals surface area contributed by atoms with Gasteiger partial charge in [0.05, 0.1) is 7.11 Å². The van der Waals surface area contributed by atoms with Gasteiger partial charge in [-0.1, -0.05) is 6.42 Å². The van der Waals surface area contributed by atoms with Crippen LogP contribution in [-0.2, 0) is 0 Å². The van der Waals surface area contributed by atoms with Gasteiger partial charge in [-0.3, -0.25) is 0 Å². The van der Waals surface area contributed by atoms with Crippen LogP contribution in [0.4, 0.5) is 10.8 Å². The molecule has 1 fully saturated rings. The number of nitrogens with zero attached hydrogens (tertiary/aromatic N) is 2. The Morgan fingerprint density at radius 2 is 2.17 bits per heavy atom. The number of rotatable bonds is 5. The topological polar surface area (TPSA) is 63.4 Å². The molecule has 3 N–H and O–H groups in total. The lowest BCUT2D eigenvalue weighted by molar-refractivity contribution is 0.223. The van der Waals surface area contributed by atoms with Crippen LogP contribution < -0.4 is 15.8 Å². The average Bonchev–Trinajstić information content (AvgIpc) is 2.71. The second-order valence-electron chi connectivity index (χ2n) is 4.84. The fraction of sp³-hybridized carbons (Fsp3) is 0.750. The lowest BCUT2D eigenvalue weighted by Gasteiger charge is -2.29. The molecule has 1 unspecified atom stereocenters. The summed E-state index contributed by atoms with van der Waals surface area (Å²) in [7, 11) is 1.63. The first kappa shape index (κ1) is 13.4. The summed E-state index contributed by atoms with van der Waals surface area (Å²) in [5, 5.41) is 4.37. The van der Waals surface area contributed by atoms with Crippen molar-refractivity contribution in [3.8, 4) is 5.75 Å². The first-order valence-corrected chi connectivity index (χ1v) is 7.26. The van der Waals surface area contributed by atoms with Crippen LogP contribution in [-0.4, -0.2) is 42.1 Å². The molecule has 2 rings (SSSR count). The molecule has 1 atom stereocenters. The highest BCUT2D eigenvalue weighted by Gasteiger charge is 2.17. The molecule has 1 aromatic rings. The van der Waals surface area contributed by atoms with Gasteiger partial charge in [0.25, 0.3) is 0 Å². The number of nitrogen functional groups attached to an aromatic ring is 1. The lowest BCUT2D eigenvalue weighted by Crippen LogP contribution is -2.38. The lowest BCUT2D eigenvalue weighted by atomic mass is 10.1. The second kappa shape index (κ2) is 6.24. The van der Waals surface area contributed by atoms with Crippen LogP contribution >= 0.6 is 11.5 Å². The van der Waals surface area contributed by atoms with Crippen molar-refractivity contribution in [1.82, 2.24) is 9.27 Å². The SMILES string of the molecule is COc1c(N)nsc1NC(C)CN1CCCCC1. The number of hydrogen-bond acceptors (Lipinski definition) is 6. The van der Waals surface area contributed by atoms with Gasteiger partial charge < -0.3 is 20.7 Å². The van der Waals surface area contributed by atoms with E-state index in [4.69, 9.17) is 10.5 Å². The zero-order chi connectivity index (χ0) is 13.0. The summed E-state index contributed by atoms with van der Waals surface area (Å²) in [6.07, 6.45) is 4.02. The Bertz CT molecular complexity index is 376. The number of ether oxygens (including phenoxy) is 1. The molecule has 0 bridgehead atoms. The number of likely N-dealkylation sites (tertiary alicyclic amines) is 1. The van der Waals surface area contributed by atoms with Crippen LogP contribution in [0.15, 0.2) is 0 Å². The zero-order valence-corrected chi connectivity index (χ0v) is 11.9. The maximum absolute atomic E-state index is 5.74. The number of nitrogens with two attached hydrogens (primary N) is 1. The molecule has 0 spiro atoms. The van der Waals surface area contributed by atoms with E-state index in [2.05, 4.69) is 21.5 Å². The number of aromatic nitrogens is 1. The summed E-state index contributed by atoms with van der Waals surface area (Å²) in [4.78, 5) is 2.51. The molecule has 5 nitrogen and oxygen atoms in total. The Kier molecular flexibility index (Phi) is 4.66. The third-order valence-electron chi connectivity index (χ3n) is 3.24. The highest BCUT2D eigenvalue weighted by Crippen LogP contribution is 2.35. The van der Waals surface area contributed by atoms with Gasteiger partial charge in [-0.25, -0.2) is 0 Å². The minimum absolute atomic E-state index is 0.372. The highest BCUT2D eigenvalue weighted by atomic mass is 32.1. The van der Waals surface area contributed by atoms with Gasteiger partial charge in [0, 0.05) is 12.6 Å². The quantitative estimate of drug-likeness (QED) is 0.857. The molecule has 102 valence electrons. The standard InChI is InChI=1S/C12H22N4OS/c1-9(8-16-6-4-3-5-7-16)14-12-10(17-2)11(13)15-18-12/h9,14H,3-8H2,1-2H3,(H2,13,15). The largest absolute Gasteiger partial charge is 0.490 e. The molecule has 1 aliphatic heterocycles. The van der Waals surface area contributed by atoms with Gasteiger partial charge in [0.15, 0.2) is 16.6 Å². The van der Waals surface area contributed by atoms with Crippen LogP contribution in [0.3, 0.4) is 0 Å². The molecular weight excluding hydrogens is 248 g/mol. The van der Waals surface area contributed by atoms with E-state index >= 15 is 0 Å². The number of piperidine rings is 1. The fourth-order valence-electron chi connectivity index (χ4n) is 2.38. The smallest absolute Gasteiger partial charge is 0.197 e. The summed E-state index contributed by atoms with van der Waals surface area (Å²) in [5.41, 5.74) is 5.74. The molecule has 0 amide bonds. The van der Waals surface area contributed by atoms with Crippen molar-refractivity contribution in [2.45, 2.75) is 32.2 Å². The number of anilines is 2. The van der Waals surface area contributed by atoms with E-state index < -0.39 is 0 Å². The number of hydrogen-bond donors (Lipinski definition) is 2. The third-order valence-corrected chi connectivity index (χ3v) is 4.01. The van der Waals surface area contributed by atoms with E-state index in [1.807, 2.05) is 0 Å². The zero-order valence-electron chi connectivity index (χ0n) is 11.1. The van der Waals surface area contributed by atoms with E-state index in [1.54, 1.807) is 7.11 Å². The van der Waals surface area contributed by atoms with Crippen LogP contribution in [0, 0.1) is 0 Å². The Balaban J connectivity index is 1.87. The Labute approximate surface area is 112 Å². The normalized spacial score (nSPS) is 18.6. The monoisotopic (exact) mass is 270 g/mol. The van der Waals surface area contributed by atoms with Gasteiger partial charge in [0.1, 0.15) is 0 Å². The van der Waals surface area contributed by atoms with Crippen molar-refractivity contribution in [1.29, 1.82) is 0 Å². The average molecular weight is 270 g/mol. The van der Waals surface area contributed by atoms with E-state index in [9.17, 15) is 0 Å². The molecule has 1 saturated heterocycles. The van der Waals surface area contributed by atoms with Crippen LogP contribution in [0.1, 0.15) is 26.2 Å². The molecule has 2 heterocycles. The summed E-state index contributed by atoms with van der Waals surface area (Å²) < 4.78 is 9.36. The predicted octanol–water partition coefficient (Wildman–Crippen LogP) is 2.02. The first-order valence-electron chi connectivity index (χ1n) is 6.48. The van der Waals surface area contributed by atoms with Crippen molar-refractivity contribution in [3.63, 3.8) is 0 Å². The molecule has 0 aliphatic carbocycles. The van der Waals surface area contributed by atoms with E-state index in [-0.39, 0.29) is 0 Å². The van der Waals surface area contributed by atoms with Crippen molar-refractivity contribution >= 4 is 22.4 Å². The van der Waals surface area contributed by atoms with Crippen LogP contribution in [0.2, 0.25) is 0 Å². The maximum atomic E-state index is 5.74. The van der Waals surface area contributed by atoms with Crippen molar-refractivity contribution in [2.75, 3.05) is 37.8 Å². The van der Waals surface area contributed by atoms with Gasteiger partial charge >= 0.3 is 0 Å². The molecule has 6 heteroatoms. The minimum atomic E-state index is 0.372. The van der Waals surface area contributed by atoms with E-state index in [1.165, 1.54) is 43.9 Å². The number of methoxy groups -OCH3 is 1. The van der Waals surface area contributed by atoms with Crippen LogP contribution in [0.25, 0.3) is 0 Å². The summed E-state index contributed by atoms with van der Waals surface area (Å²) in [6, 6.07) is 0.372. The molecular formula is C12H22N4OS. The second-order valence-corrected chi connectivity index (χ2v) is 5.61. The Hall–Kier alpha value is -1.01. The first-order chi connectivity index (χ1) is 8.70. The third kappa shape index (κ3) is 3.26. The molecule has 0 saturated carbocycles. The molecule has 0 aromatic carbocycles. The van der Waals surface area contributed by atoms with Crippen molar-refractivity contribution in [3.05, 3.63) is 0 Å². The Morgan fingerprint density at radius 1 is 1.44 bits per heavy atom.